The first kappa shape index (κ1) is 19.9. The summed E-state index contributed by atoms with van der Waals surface area (Å²) in [7, 11) is 0. The monoisotopic (exact) mass is 442 g/mol. The number of rotatable bonds is 4. The summed E-state index contributed by atoms with van der Waals surface area (Å²) in [6.07, 6.45) is 1.44. The van der Waals surface area contributed by atoms with Crippen LogP contribution in [0.5, 0.6) is 0 Å². The van der Waals surface area contributed by atoms with Gasteiger partial charge in [0.15, 0.2) is 5.70 Å². The summed E-state index contributed by atoms with van der Waals surface area (Å²) in [5.41, 5.74) is 1.53. The fraction of sp³-hybridized carbons (Fsp3) is 0.0476. The van der Waals surface area contributed by atoms with Crippen molar-refractivity contribution >= 4 is 46.8 Å². The number of hydrogen-bond acceptors (Lipinski definition) is 6. The summed E-state index contributed by atoms with van der Waals surface area (Å²) in [6.45, 7) is 1.60. The van der Waals surface area contributed by atoms with Gasteiger partial charge in [-0.05, 0) is 49.4 Å². The van der Waals surface area contributed by atoms with Crippen molar-refractivity contribution in [3.63, 3.8) is 0 Å². The van der Waals surface area contributed by atoms with Crippen molar-refractivity contribution in [1.29, 1.82) is 0 Å². The van der Waals surface area contributed by atoms with Gasteiger partial charge >= 0.3 is 5.97 Å². The molecule has 1 aliphatic heterocycles. The number of esters is 1. The van der Waals surface area contributed by atoms with E-state index in [2.05, 4.69) is 4.99 Å². The van der Waals surface area contributed by atoms with Crippen molar-refractivity contribution in [2.45, 2.75) is 6.92 Å². The van der Waals surface area contributed by atoms with Crippen molar-refractivity contribution in [2.75, 3.05) is 0 Å². The van der Waals surface area contributed by atoms with E-state index in [1.54, 1.807) is 43.3 Å². The van der Waals surface area contributed by atoms with Gasteiger partial charge in [-0.15, -0.1) is 0 Å². The second-order valence-electron chi connectivity index (χ2n) is 6.42. The molecule has 0 bridgehead atoms. The van der Waals surface area contributed by atoms with E-state index in [0.717, 1.165) is 0 Å². The number of nitro benzene ring substituents is 1. The van der Waals surface area contributed by atoms with Gasteiger partial charge in [0, 0.05) is 33.9 Å². The summed E-state index contributed by atoms with van der Waals surface area (Å²) >= 11 is 12.2. The average Bonchev–Trinajstić information content (AvgIpc) is 3.30. The van der Waals surface area contributed by atoms with E-state index in [1.165, 1.54) is 18.2 Å². The minimum Gasteiger partial charge on any atom is -0.457 e. The summed E-state index contributed by atoms with van der Waals surface area (Å²) in [6, 6.07) is 12.7. The van der Waals surface area contributed by atoms with E-state index in [0.29, 0.717) is 38.3 Å². The van der Waals surface area contributed by atoms with Gasteiger partial charge in [0.25, 0.3) is 5.69 Å². The molecule has 9 heteroatoms. The molecule has 1 aromatic heterocycles. The number of nitro groups is 1. The Morgan fingerprint density at radius 2 is 1.90 bits per heavy atom. The number of aliphatic imine (C=N–C) groups is 1. The highest BCUT2D eigenvalue weighted by Crippen LogP contribution is 2.32. The van der Waals surface area contributed by atoms with Crippen LogP contribution in [0, 0.1) is 17.0 Å². The van der Waals surface area contributed by atoms with Crippen LogP contribution < -0.4 is 0 Å². The Bertz CT molecular complexity index is 1260. The van der Waals surface area contributed by atoms with Crippen LogP contribution in [-0.2, 0) is 9.53 Å². The van der Waals surface area contributed by atoms with Crippen molar-refractivity contribution in [3.8, 4) is 11.3 Å². The SMILES string of the molecule is Cc1cc(C2=N/C(=C\c3ccc(-c4cc(Cl)ccc4Cl)o3)C(=O)O2)ccc1[N+](=O)[O-]. The number of aryl methyl sites for hydroxylation is 1. The fourth-order valence-electron chi connectivity index (χ4n) is 2.92. The quantitative estimate of drug-likeness (QED) is 0.219. The van der Waals surface area contributed by atoms with E-state index < -0.39 is 10.9 Å². The van der Waals surface area contributed by atoms with Gasteiger partial charge in [-0.2, -0.15) is 0 Å². The normalized spacial score (nSPS) is 14.7. The van der Waals surface area contributed by atoms with Crippen molar-refractivity contribution in [2.24, 2.45) is 4.99 Å². The molecule has 4 rings (SSSR count). The average molecular weight is 443 g/mol. The highest BCUT2D eigenvalue weighted by atomic mass is 35.5. The molecule has 0 radical (unpaired) electrons. The third-order valence-electron chi connectivity index (χ3n) is 4.36. The Morgan fingerprint density at radius 3 is 2.63 bits per heavy atom. The summed E-state index contributed by atoms with van der Waals surface area (Å²) in [5.74, 6) is 0.266. The van der Waals surface area contributed by atoms with Crippen LogP contribution >= 0.6 is 23.2 Å². The topological polar surface area (TPSA) is 94.9 Å². The number of carbonyl (C=O) groups is 1. The number of nitrogens with zero attached hydrogens (tertiary/aromatic N) is 2. The maximum Gasteiger partial charge on any atom is 0.363 e. The van der Waals surface area contributed by atoms with Gasteiger partial charge in [0.1, 0.15) is 11.5 Å². The van der Waals surface area contributed by atoms with Crippen molar-refractivity contribution < 1.29 is 18.9 Å². The molecule has 0 saturated carbocycles. The molecular formula is C21H12Cl2N2O5. The molecule has 2 heterocycles. The van der Waals surface area contributed by atoms with Gasteiger partial charge in [-0.25, -0.2) is 9.79 Å². The predicted molar refractivity (Wildman–Crippen MR) is 113 cm³/mol. The third-order valence-corrected chi connectivity index (χ3v) is 4.93. The highest BCUT2D eigenvalue weighted by molar-refractivity contribution is 6.35. The number of carbonyl (C=O) groups excluding carboxylic acids is 1. The minimum absolute atomic E-state index is 0.0257. The van der Waals surface area contributed by atoms with Gasteiger partial charge in [-0.1, -0.05) is 23.2 Å². The van der Waals surface area contributed by atoms with E-state index >= 15 is 0 Å². The van der Waals surface area contributed by atoms with Crippen LogP contribution in [0.4, 0.5) is 5.69 Å². The molecule has 0 saturated heterocycles. The zero-order chi connectivity index (χ0) is 21.4. The van der Waals surface area contributed by atoms with E-state index in [9.17, 15) is 14.9 Å². The maximum atomic E-state index is 12.2. The van der Waals surface area contributed by atoms with Crippen LogP contribution in [0.25, 0.3) is 17.4 Å². The smallest absolute Gasteiger partial charge is 0.363 e. The molecular weight excluding hydrogens is 431 g/mol. The molecule has 0 N–H and O–H groups in total. The molecule has 0 unspecified atom stereocenters. The van der Waals surface area contributed by atoms with Crippen molar-refractivity contribution in [1.82, 2.24) is 0 Å². The molecule has 30 heavy (non-hydrogen) atoms. The summed E-state index contributed by atoms with van der Waals surface area (Å²) in [4.78, 5) is 26.9. The van der Waals surface area contributed by atoms with Crippen LogP contribution in [0.3, 0.4) is 0 Å². The molecule has 7 nitrogen and oxygen atoms in total. The fourth-order valence-corrected chi connectivity index (χ4v) is 3.30. The second-order valence-corrected chi connectivity index (χ2v) is 7.26. The molecule has 0 aliphatic carbocycles. The van der Waals surface area contributed by atoms with Gasteiger partial charge in [0.05, 0.1) is 9.95 Å². The van der Waals surface area contributed by atoms with Crippen LogP contribution in [0.2, 0.25) is 10.0 Å². The number of halogens is 2. The lowest BCUT2D eigenvalue weighted by atomic mass is 10.1. The van der Waals surface area contributed by atoms with Crippen LogP contribution in [0.15, 0.2) is 63.6 Å². The molecule has 2 aromatic carbocycles. The Kier molecular flexibility index (Phi) is 5.15. The number of furan rings is 1. The zero-order valence-electron chi connectivity index (χ0n) is 15.4. The second kappa shape index (κ2) is 7.78. The molecule has 0 amide bonds. The Morgan fingerprint density at radius 1 is 1.10 bits per heavy atom. The van der Waals surface area contributed by atoms with Crippen LogP contribution in [-0.4, -0.2) is 16.8 Å². The largest absolute Gasteiger partial charge is 0.457 e. The minimum atomic E-state index is -0.653. The maximum absolute atomic E-state index is 12.2. The van der Waals surface area contributed by atoms with E-state index in [1.807, 2.05) is 0 Å². The Labute approximate surface area is 180 Å². The molecule has 1 aliphatic rings. The number of ether oxygens (including phenoxy) is 1. The first-order valence-electron chi connectivity index (χ1n) is 8.65. The summed E-state index contributed by atoms with van der Waals surface area (Å²) in [5, 5.41) is 11.9. The van der Waals surface area contributed by atoms with E-state index in [-0.39, 0.29) is 17.3 Å². The lowest BCUT2D eigenvalue weighted by Crippen LogP contribution is -2.06. The van der Waals surface area contributed by atoms with Gasteiger partial charge in [0.2, 0.25) is 5.90 Å². The first-order valence-corrected chi connectivity index (χ1v) is 9.40. The van der Waals surface area contributed by atoms with Crippen LogP contribution in [0.1, 0.15) is 16.9 Å². The lowest BCUT2D eigenvalue weighted by Gasteiger charge is -2.01. The van der Waals surface area contributed by atoms with Gasteiger partial charge < -0.3 is 9.15 Å². The molecule has 0 atom stereocenters. The third kappa shape index (κ3) is 3.85. The van der Waals surface area contributed by atoms with Crippen molar-refractivity contribution in [3.05, 3.63) is 91.3 Å². The Balaban J connectivity index is 1.63. The molecule has 3 aromatic rings. The highest BCUT2D eigenvalue weighted by Gasteiger charge is 2.26. The molecule has 0 fully saturated rings. The number of hydrogen-bond donors (Lipinski definition) is 0. The molecule has 150 valence electrons. The predicted octanol–water partition coefficient (Wildman–Crippen LogP) is 5.81. The first-order chi connectivity index (χ1) is 14.3. The Hall–Kier alpha value is -3.42. The lowest BCUT2D eigenvalue weighted by molar-refractivity contribution is -0.385. The molecule has 0 spiro atoms. The zero-order valence-corrected chi connectivity index (χ0v) is 16.9. The standard InChI is InChI=1S/C21H12Cl2N2O5/c1-11-8-12(2-6-18(11)25(27)28)20-24-17(21(26)30-20)10-14-4-7-19(29-14)15-9-13(22)3-5-16(15)23/h2-10H,1H3/b17-10-. The summed E-state index contributed by atoms with van der Waals surface area (Å²) < 4.78 is 11.0. The number of benzene rings is 2. The number of cyclic esters (lactones) is 1. The van der Waals surface area contributed by atoms with Gasteiger partial charge in [-0.3, -0.25) is 10.1 Å². The van der Waals surface area contributed by atoms with E-state index in [4.69, 9.17) is 32.4 Å².